The van der Waals surface area contributed by atoms with E-state index in [0.717, 1.165) is 5.56 Å². The number of carboxylic acids is 1. The summed E-state index contributed by atoms with van der Waals surface area (Å²) >= 11 is 0. The Morgan fingerprint density at radius 1 is 1.27 bits per heavy atom. The van der Waals surface area contributed by atoms with Crippen LogP contribution in [0.5, 0.6) is 11.5 Å². The highest BCUT2D eigenvalue weighted by Gasteiger charge is 2.24. The van der Waals surface area contributed by atoms with Crippen LogP contribution in [-0.4, -0.2) is 45.9 Å². The van der Waals surface area contributed by atoms with E-state index in [1.807, 2.05) is 0 Å². The van der Waals surface area contributed by atoms with E-state index in [-0.39, 0.29) is 11.3 Å². The van der Waals surface area contributed by atoms with Crippen LogP contribution in [0.3, 0.4) is 0 Å². The third-order valence-corrected chi connectivity index (χ3v) is 3.75. The van der Waals surface area contributed by atoms with Crippen molar-refractivity contribution in [3.8, 4) is 22.8 Å². The Labute approximate surface area is 147 Å². The van der Waals surface area contributed by atoms with Gasteiger partial charge in [0, 0.05) is 5.56 Å². The maximum absolute atomic E-state index is 12.0. The van der Waals surface area contributed by atoms with E-state index < -0.39 is 24.2 Å². The molecular weight excluding hydrogens is 342 g/mol. The number of amides is 1. The summed E-state index contributed by atoms with van der Waals surface area (Å²) in [6.07, 6.45) is 0. The highest BCUT2D eigenvalue weighted by molar-refractivity contribution is 6.04. The number of aromatic hydroxyl groups is 1. The number of fused-ring (bicyclic) bond motifs is 1. The number of rotatable bonds is 5. The van der Waals surface area contributed by atoms with Crippen molar-refractivity contribution in [2.24, 2.45) is 0 Å². The fraction of sp³-hybridized carbons (Fsp3) is 0.176. The monoisotopic (exact) mass is 357 g/mol. The van der Waals surface area contributed by atoms with Gasteiger partial charge in [-0.05, 0) is 31.2 Å². The summed E-state index contributed by atoms with van der Waals surface area (Å²) in [5, 5.41) is 25.5. The number of benzene rings is 1. The van der Waals surface area contributed by atoms with Crippen LogP contribution in [0.4, 0.5) is 0 Å². The number of nitrogens with one attached hydrogen (secondary N) is 1. The van der Waals surface area contributed by atoms with Gasteiger partial charge in [-0.1, -0.05) is 5.16 Å². The Hall–Kier alpha value is -3.62. The summed E-state index contributed by atoms with van der Waals surface area (Å²) in [5.41, 5.74) is 1.26. The molecule has 0 radical (unpaired) electrons. The first-order valence-corrected chi connectivity index (χ1v) is 7.55. The second kappa shape index (κ2) is 6.71. The van der Waals surface area contributed by atoms with Crippen LogP contribution in [0.1, 0.15) is 16.2 Å². The predicted molar refractivity (Wildman–Crippen MR) is 90.2 cm³/mol. The van der Waals surface area contributed by atoms with Gasteiger partial charge in [-0.15, -0.1) is 0 Å². The van der Waals surface area contributed by atoms with Crippen molar-refractivity contribution in [3.63, 3.8) is 0 Å². The topological polar surface area (TPSA) is 135 Å². The van der Waals surface area contributed by atoms with E-state index in [2.05, 4.69) is 15.5 Å². The van der Waals surface area contributed by atoms with E-state index in [1.165, 1.54) is 0 Å². The standard InChI is InChI=1S/C17H15N3O6/c1-8-12-13(9-3-5-10(25-2)6-4-9)20-26-16(12)15(23)14(19-8)17(24)18-7-11(21)22/h3-6,23H,7H2,1-2H3,(H,18,24)(H,21,22). The molecule has 26 heavy (non-hydrogen) atoms. The van der Waals surface area contributed by atoms with Crippen molar-refractivity contribution in [2.45, 2.75) is 6.92 Å². The first-order chi connectivity index (χ1) is 12.4. The fourth-order valence-electron chi connectivity index (χ4n) is 2.52. The predicted octanol–water partition coefficient (Wildman–Crippen LogP) is 1.73. The lowest BCUT2D eigenvalue weighted by atomic mass is 10.1. The summed E-state index contributed by atoms with van der Waals surface area (Å²) < 4.78 is 10.3. The minimum absolute atomic E-state index is 0.00351. The zero-order valence-corrected chi connectivity index (χ0v) is 13.9. The number of hydrogen-bond acceptors (Lipinski definition) is 7. The highest BCUT2D eigenvalue weighted by Crippen LogP contribution is 2.36. The van der Waals surface area contributed by atoms with E-state index in [0.29, 0.717) is 22.5 Å². The van der Waals surface area contributed by atoms with Gasteiger partial charge in [-0.3, -0.25) is 9.59 Å². The van der Waals surface area contributed by atoms with Crippen LogP contribution in [0.15, 0.2) is 28.8 Å². The van der Waals surface area contributed by atoms with Gasteiger partial charge in [-0.2, -0.15) is 0 Å². The summed E-state index contributed by atoms with van der Waals surface area (Å²) in [6.45, 7) is 1.05. The molecule has 3 N–H and O–H groups in total. The van der Waals surface area contributed by atoms with Gasteiger partial charge < -0.3 is 24.8 Å². The Morgan fingerprint density at radius 3 is 2.58 bits per heavy atom. The molecule has 0 atom stereocenters. The molecular formula is C17H15N3O6. The molecule has 1 aromatic carbocycles. The van der Waals surface area contributed by atoms with Gasteiger partial charge in [0.15, 0.2) is 11.4 Å². The maximum Gasteiger partial charge on any atom is 0.322 e. The van der Waals surface area contributed by atoms with Crippen molar-refractivity contribution < 1.29 is 29.1 Å². The smallest absolute Gasteiger partial charge is 0.322 e. The number of carbonyl (C=O) groups is 2. The normalized spacial score (nSPS) is 10.7. The lowest BCUT2D eigenvalue weighted by molar-refractivity contribution is -0.135. The van der Waals surface area contributed by atoms with E-state index in [4.69, 9.17) is 14.4 Å². The summed E-state index contributed by atoms with van der Waals surface area (Å²) in [7, 11) is 1.56. The van der Waals surface area contributed by atoms with Crippen LogP contribution >= 0.6 is 0 Å². The van der Waals surface area contributed by atoms with Crippen LogP contribution in [-0.2, 0) is 4.79 Å². The van der Waals surface area contributed by atoms with Crippen LogP contribution in [0.2, 0.25) is 0 Å². The van der Waals surface area contributed by atoms with Gasteiger partial charge in [0.1, 0.15) is 18.0 Å². The van der Waals surface area contributed by atoms with E-state index in [9.17, 15) is 14.7 Å². The van der Waals surface area contributed by atoms with Crippen molar-refractivity contribution >= 4 is 22.8 Å². The lowest BCUT2D eigenvalue weighted by Gasteiger charge is -2.07. The molecule has 0 bridgehead atoms. The SMILES string of the molecule is COc1ccc(-c2noc3c(O)c(C(=O)NCC(=O)O)nc(C)c23)cc1. The number of nitrogens with zero attached hydrogens (tertiary/aromatic N) is 2. The molecule has 2 aromatic heterocycles. The first-order valence-electron chi connectivity index (χ1n) is 7.55. The Kier molecular flexibility index (Phi) is 4.44. The third kappa shape index (κ3) is 3.02. The number of ether oxygens (including phenoxy) is 1. The van der Waals surface area contributed by atoms with Crippen molar-refractivity contribution in [2.75, 3.05) is 13.7 Å². The average molecular weight is 357 g/mol. The summed E-state index contributed by atoms with van der Waals surface area (Å²) in [4.78, 5) is 26.7. The summed E-state index contributed by atoms with van der Waals surface area (Å²) in [5.74, 6) is -1.85. The number of aliphatic carboxylic acids is 1. The zero-order valence-electron chi connectivity index (χ0n) is 13.9. The van der Waals surface area contributed by atoms with Crippen molar-refractivity contribution in [1.29, 1.82) is 0 Å². The van der Waals surface area contributed by atoms with Crippen LogP contribution in [0, 0.1) is 6.92 Å². The molecule has 2 heterocycles. The fourth-order valence-corrected chi connectivity index (χ4v) is 2.52. The summed E-state index contributed by atoms with van der Waals surface area (Å²) in [6, 6.07) is 7.07. The zero-order chi connectivity index (χ0) is 18.8. The molecule has 9 heteroatoms. The van der Waals surface area contributed by atoms with Crippen molar-refractivity contribution in [1.82, 2.24) is 15.5 Å². The van der Waals surface area contributed by atoms with Crippen molar-refractivity contribution in [3.05, 3.63) is 35.7 Å². The minimum Gasteiger partial charge on any atom is -0.503 e. The third-order valence-electron chi connectivity index (χ3n) is 3.75. The molecule has 0 spiro atoms. The van der Waals surface area contributed by atoms with Gasteiger partial charge in [0.25, 0.3) is 5.91 Å². The quantitative estimate of drug-likeness (QED) is 0.628. The second-order valence-electron chi connectivity index (χ2n) is 5.43. The van der Waals surface area contributed by atoms with Crippen LogP contribution in [0.25, 0.3) is 22.2 Å². The molecule has 1 amide bonds. The number of carbonyl (C=O) groups excluding carboxylic acids is 1. The molecule has 0 aliphatic carbocycles. The Balaban J connectivity index is 2.06. The Bertz CT molecular complexity index is 994. The van der Waals surface area contributed by atoms with E-state index in [1.54, 1.807) is 38.3 Å². The average Bonchev–Trinajstić information content (AvgIpc) is 3.08. The molecule has 0 aliphatic rings. The molecule has 0 fully saturated rings. The molecule has 0 saturated heterocycles. The van der Waals surface area contributed by atoms with Gasteiger partial charge in [-0.25, -0.2) is 4.98 Å². The first kappa shape index (κ1) is 17.2. The molecule has 3 rings (SSSR count). The minimum atomic E-state index is -1.21. The molecule has 134 valence electrons. The van der Waals surface area contributed by atoms with Gasteiger partial charge >= 0.3 is 5.97 Å². The number of aromatic nitrogens is 2. The number of methoxy groups -OCH3 is 1. The molecule has 9 nitrogen and oxygen atoms in total. The molecule has 0 aliphatic heterocycles. The number of hydrogen-bond donors (Lipinski definition) is 3. The Morgan fingerprint density at radius 2 is 1.96 bits per heavy atom. The van der Waals surface area contributed by atoms with Gasteiger partial charge in [0.2, 0.25) is 5.58 Å². The van der Waals surface area contributed by atoms with E-state index >= 15 is 0 Å². The molecule has 0 saturated carbocycles. The largest absolute Gasteiger partial charge is 0.503 e. The molecule has 3 aromatic rings. The number of carboxylic acid groups (broad SMARTS) is 1. The maximum atomic E-state index is 12.0. The highest BCUT2D eigenvalue weighted by atomic mass is 16.5. The lowest BCUT2D eigenvalue weighted by Crippen LogP contribution is -2.30. The van der Waals surface area contributed by atoms with Crippen LogP contribution < -0.4 is 10.1 Å². The number of pyridine rings is 1. The van der Waals surface area contributed by atoms with Gasteiger partial charge in [0.05, 0.1) is 18.2 Å². The molecule has 0 unspecified atom stereocenters. The number of aryl methyl sites for hydroxylation is 1. The second-order valence-corrected chi connectivity index (χ2v) is 5.43.